The zero-order valence-electron chi connectivity index (χ0n) is 4.92. The van der Waals surface area contributed by atoms with Crippen LogP contribution in [0.5, 0.6) is 0 Å². The van der Waals surface area contributed by atoms with E-state index in [9.17, 15) is 10.6 Å². The van der Waals surface area contributed by atoms with E-state index in [2.05, 4.69) is 0 Å². The molecule has 0 unspecified atom stereocenters. The van der Waals surface area contributed by atoms with Gasteiger partial charge in [-0.05, 0) is 0 Å². The third kappa shape index (κ3) is 31.8. The molecule has 0 rings (SSSR count). The minimum atomic E-state index is -4.64. The minimum Gasteiger partial charge on any atom is -1.00 e. The molecule has 0 heterocycles. The van der Waals surface area contributed by atoms with Crippen LogP contribution in [-0.2, 0) is 26.2 Å². The van der Waals surface area contributed by atoms with Gasteiger partial charge in [0.05, 0.1) is 0 Å². The summed E-state index contributed by atoms with van der Waals surface area (Å²) >= 11 is -4.64. The van der Waals surface area contributed by atoms with Gasteiger partial charge in [0, 0.05) is 26.2 Å². The summed E-state index contributed by atoms with van der Waals surface area (Å²) in [4.78, 5) is 0. The van der Waals surface area contributed by atoms with Gasteiger partial charge in [0.25, 0.3) is 0 Å². The molecule has 0 amide bonds. The van der Waals surface area contributed by atoms with Crippen molar-refractivity contribution >= 4 is 53.3 Å². The number of halogens is 3. The molecule has 6 heteroatoms. The SMILES string of the molecule is [Ca+2].[F][Al]([F])[F].[H-].[H-].[Zr]. The molecule has 0 radical (unpaired) electrons. The van der Waals surface area contributed by atoms with E-state index in [1.54, 1.807) is 0 Å². The van der Waals surface area contributed by atoms with Crippen molar-refractivity contribution < 1.29 is 39.6 Å². The maximum absolute atomic E-state index is 9.81. The summed E-state index contributed by atoms with van der Waals surface area (Å²) in [5.74, 6) is 0. The smallest absolute Gasteiger partial charge is 1.00 e. The maximum Gasteiger partial charge on any atom is 2.00 e. The van der Waals surface area contributed by atoms with E-state index in [1.807, 2.05) is 0 Å². The molecule has 0 spiro atoms. The summed E-state index contributed by atoms with van der Waals surface area (Å²) in [6.45, 7) is 0. The monoisotopic (exact) mass is 216 g/mol. The average molecular weight is 217 g/mol. The Hall–Kier alpha value is 2.47. The molecule has 0 bridgehead atoms. The predicted octanol–water partition coefficient (Wildman–Crippen LogP) is 0.722. The zero-order valence-corrected chi connectivity index (χ0v) is 8.74. The van der Waals surface area contributed by atoms with E-state index in [0.29, 0.717) is 0 Å². The second-order valence-electron chi connectivity index (χ2n) is 0.247. The Morgan fingerprint density at radius 3 is 1.17 bits per heavy atom. The van der Waals surface area contributed by atoms with Gasteiger partial charge >= 0.3 is 53.3 Å². The summed E-state index contributed by atoms with van der Waals surface area (Å²) in [6, 6.07) is 0. The first kappa shape index (κ1) is 15.8. The molecule has 0 aromatic rings. The fourth-order valence-corrected chi connectivity index (χ4v) is 0. The van der Waals surface area contributed by atoms with Crippen molar-refractivity contribution in [2.24, 2.45) is 0 Å². The van der Waals surface area contributed by atoms with Gasteiger partial charge in [0.15, 0.2) is 0 Å². The predicted molar refractivity (Wildman–Crippen MR) is 17.1 cm³/mol. The molecule has 0 aliphatic heterocycles. The molecule has 6 heavy (non-hydrogen) atoms. The van der Waals surface area contributed by atoms with Crippen LogP contribution < -0.4 is 0 Å². The summed E-state index contributed by atoms with van der Waals surface area (Å²) < 4.78 is 29.4. The molecule has 0 aromatic carbocycles. The van der Waals surface area contributed by atoms with Gasteiger partial charge in [-0.2, -0.15) is 0 Å². The third-order valence-electron chi connectivity index (χ3n) is 0. The van der Waals surface area contributed by atoms with Gasteiger partial charge in [-0.3, -0.25) is 0 Å². The first-order valence-electron chi connectivity index (χ1n) is 0.655. The topological polar surface area (TPSA) is 0 Å². The molecular weight excluding hydrogens is 215 g/mol. The van der Waals surface area contributed by atoms with Crippen LogP contribution in [-0.4, -0.2) is 53.3 Å². The normalized spacial score (nSPS) is 4.50. The summed E-state index contributed by atoms with van der Waals surface area (Å²) in [5, 5.41) is 0. The van der Waals surface area contributed by atoms with E-state index in [-0.39, 0.29) is 66.8 Å². The average Bonchev–Trinajstić information content (AvgIpc) is 0.811. The number of hydrogen-bond acceptors (Lipinski definition) is 0. The molecule has 0 saturated carbocycles. The van der Waals surface area contributed by atoms with Crippen LogP contribution in [0.1, 0.15) is 2.85 Å². The van der Waals surface area contributed by atoms with Crippen molar-refractivity contribution in [1.29, 1.82) is 0 Å². The molecule has 32 valence electrons. The summed E-state index contributed by atoms with van der Waals surface area (Å²) in [7, 11) is 0. The van der Waals surface area contributed by atoms with E-state index in [4.69, 9.17) is 0 Å². The van der Waals surface area contributed by atoms with Crippen molar-refractivity contribution in [3.8, 4) is 0 Å². The second kappa shape index (κ2) is 10.4. The van der Waals surface area contributed by atoms with Crippen molar-refractivity contribution in [2.45, 2.75) is 0 Å². The Labute approximate surface area is 91.4 Å². The first-order chi connectivity index (χ1) is 1.73. The summed E-state index contributed by atoms with van der Waals surface area (Å²) in [5.41, 5.74) is 0. The van der Waals surface area contributed by atoms with Gasteiger partial charge in [-0.15, -0.1) is 0 Å². The Morgan fingerprint density at radius 1 is 1.17 bits per heavy atom. The Kier molecular flexibility index (Phi) is 27.5. The van der Waals surface area contributed by atoms with Crippen LogP contribution in [0.4, 0.5) is 10.6 Å². The Morgan fingerprint density at radius 2 is 1.17 bits per heavy atom. The van der Waals surface area contributed by atoms with E-state index in [0.717, 1.165) is 0 Å². The molecule has 0 nitrogen and oxygen atoms in total. The third-order valence-corrected chi connectivity index (χ3v) is 0. The maximum atomic E-state index is 9.81. The Bertz CT molecular complexity index is 22.0. The molecule has 0 aliphatic carbocycles. The zero-order chi connectivity index (χ0) is 3.58. The van der Waals surface area contributed by atoms with Crippen molar-refractivity contribution in [1.82, 2.24) is 0 Å². The van der Waals surface area contributed by atoms with Gasteiger partial charge in [0.1, 0.15) is 0 Å². The largest absolute Gasteiger partial charge is 2.00 e. The van der Waals surface area contributed by atoms with Crippen LogP contribution in [0.3, 0.4) is 0 Å². The van der Waals surface area contributed by atoms with Crippen LogP contribution in [0.25, 0.3) is 0 Å². The quantitative estimate of drug-likeness (QED) is 0.525. The van der Waals surface area contributed by atoms with Crippen LogP contribution in [0.2, 0.25) is 0 Å². The van der Waals surface area contributed by atoms with E-state index < -0.39 is 15.5 Å². The minimum absolute atomic E-state index is 0. The fraction of sp³-hybridized carbons (Fsp3) is 0. The van der Waals surface area contributed by atoms with Gasteiger partial charge in [-0.25, -0.2) is 0 Å². The van der Waals surface area contributed by atoms with Crippen LogP contribution in [0.15, 0.2) is 0 Å². The molecule has 0 fully saturated rings. The molecular formula is H2AlCaF3Zr. The van der Waals surface area contributed by atoms with E-state index in [1.165, 1.54) is 0 Å². The van der Waals surface area contributed by atoms with Gasteiger partial charge in [0.2, 0.25) is 0 Å². The van der Waals surface area contributed by atoms with Gasteiger partial charge < -0.3 is 13.4 Å². The molecule has 0 N–H and O–H groups in total. The fourth-order valence-electron chi connectivity index (χ4n) is 0. The molecule has 0 saturated heterocycles. The van der Waals surface area contributed by atoms with Crippen molar-refractivity contribution in [2.75, 3.05) is 0 Å². The molecule has 0 atom stereocenters. The van der Waals surface area contributed by atoms with E-state index >= 15 is 0 Å². The first-order valence-corrected chi connectivity index (χ1v) is 1.96. The summed E-state index contributed by atoms with van der Waals surface area (Å²) in [6.07, 6.45) is 0. The molecule has 0 aliphatic rings. The number of hydrogen-bond donors (Lipinski definition) is 0. The van der Waals surface area contributed by atoms with Crippen molar-refractivity contribution in [3.05, 3.63) is 0 Å². The van der Waals surface area contributed by atoms with Crippen molar-refractivity contribution in [3.63, 3.8) is 0 Å². The standard InChI is InChI=1S/Al.Ca.3FH.Zr.2H/h;;3*1H;;;/q+3;+2;;;;;2*-1/p-3. The van der Waals surface area contributed by atoms with Crippen LogP contribution >= 0.6 is 0 Å². The second-order valence-corrected chi connectivity index (χ2v) is 0.742. The van der Waals surface area contributed by atoms with Gasteiger partial charge in [-0.1, -0.05) is 0 Å². The Balaban J connectivity index is -0.00000000750. The van der Waals surface area contributed by atoms with Crippen LogP contribution in [0, 0.1) is 0 Å². The molecule has 0 aromatic heterocycles. The number of rotatable bonds is 0.